The van der Waals surface area contributed by atoms with Gasteiger partial charge in [0.2, 0.25) is 0 Å². The fraction of sp³-hybridized carbons (Fsp3) is 0. The molecule has 0 fully saturated rings. The van der Waals surface area contributed by atoms with Crippen molar-refractivity contribution in [2.75, 3.05) is 0 Å². The molecule has 0 saturated heterocycles. The molecule has 0 aliphatic carbocycles. The summed E-state index contributed by atoms with van der Waals surface area (Å²) in [4.78, 5) is 5.19. The zero-order valence-electron chi connectivity index (χ0n) is 30.0. The molecule has 12 rings (SSSR count). The maximum atomic E-state index is 6.48. The summed E-state index contributed by atoms with van der Waals surface area (Å²) in [6, 6.07) is 65.9. The van der Waals surface area contributed by atoms with Gasteiger partial charge in [-0.25, -0.2) is 9.67 Å². The smallest absolute Gasteiger partial charge is 0.182 e. The van der Waals surface area contributed by atoms with Crippen molar-refractivity contribution in [3.05, 3.63) is 188 Å². The minimum atomic E-state index is 0.673. The van der Waals surface area contributed by atoms with Gasteiger partial charge >= 0.3 is 0 Å². The first-order valence-corrected chi connectivity index (χ1v) is 18.8. The van der Waals surface area contributed by atoms with Crippen LogP contribution in [0.3, 0.4) is 0 Å². The topological polar surface area (TPSA) is 53.7 Å². The molecule has 0 N–H and O–H groups in total. The molecule has 0 amide bonds. The molecule has 0 unspecified atom stereocenters. The molecule has 0 aliphatic rings. The van der Waals surface area contributed by atoms with Crippen LogP contribution in [-0.2, 0) is 0 Å². The van der Waals surface area contributed by atoms with Crippen molar-refractivity contribution in [2.45, 2.75) is 0 Å². The van der Waals surface area contributed by atoms with Crippen molar-refractivity contribution < 1.29 is 4.42 Å². The summed E-state index contributed by atoms with van der Waals surface area (Å²) in [5, 5.41) is 12.2. The number of nitrogens with zero attached hydrogens (tertiary/aromatic N) is 5. The molecule has 0 radical (unpaired) electrons. The van der Waals surface area contributed by atoms with Crippen molar-refractivity contribution in [2.24, 2.45) is 0 Å². The minimum absolute atomic E-state index is 0.673. The Kier molecular flexibility index (Phi) is 6.53. The van der Waals surface area contributed by atoms with Gasteiger partial charge in [-0.05, 0) is 42.5 Å². The Bertz CT molecular complexity index is 3480. The molecule has 8 aromatic carbocycles. The van der Waals surface area contributed by atoms with E-state index < -0.39 is 0 Å². The standard InChI is InChI=1S/C50H31N5O/c1-3-16-32(17-4-1)49-51-50(33-18-5-2-6-19-33)55(52-49)44-28-15-23-37-34-20-7-11-25-41(34)54(48(37)44)43-27-13-12-26-42(43)53-40-24-10-8-21-35(40)38-30-39-36-22-9-14-29-46(36)56-47(39)31-45(38)53/h1-31H. The van der Waals surface area contributed by atoms with Crippen molar-refractivity contribution in [3.8, 4) is 39.8 Å². The average molecular weight is 718 g/mol. The van der Waals surface area contributed by atoms with Gasteiger partial charge in [-0.15, -0.1) is 5.10 Å². The number of hydrogen-bond acceptors (Lipinski definition) is 3. The van der Waals surface area contributed by atoms with Gasteiger partial charge in [-0.1, -0.05) is 140 Å². The van der Waals surface area contributed by atoms with Gasteiger partial charge in [0, 0.05) is 49.5 Å². The van der Waals surface area contributed by atoms with Crippen LogP contribution in [0.4, 0.5) is 0 Å². The second-order valence-electron chi connectivity index (χ2n) is 14.2. The van der Waals surface area contributed by atoms with Gasteiger partial charge < -0.3 is 13.6 Å². The number of hydrogen-bond donors (Lipinski definition) is 0. The predicted octanol–water partition coefficient (Wildman–Crippen LogP) is 12.7. The molecular weight excluding hydrogens is 687 g/mol. The lowest BCUT2D eigenvalue weighted by Crippen LogP contribution is -2.06. The highest BCUT2D eigenvalue weighted by atomic mass is 16.3. The summed E-state index contributed by atoms with van der Waals surface area (Å²) >= 11 is 0. The number of para-hydroxylation sites is 6. The van der Waals surface area contributed by atoms with Crippen molar-refractivity contribution in [1.29, 1.82) is 0 Å². The van der Waals surface area contributed by atoms with E-state index in [2.05, 4.69) is 161 Å². The fourth-order valence-electron chi connectivity index (χ4n) is 8.67. The first-order chi connectivity index (χ1) is 27.8. The molecule has 0 atom stereocenters. The lowest BCUT2D eigenvalue weighted by Gasteiger charge is -2.18. The van der Waals surface area contributed by atoms with Gasteiger partial charge in [0.05, 0.1) is 39.1 Å². The molecule has 0 aliphatic heterocycles. The van der Waals surface area contributed by atoms with Gasteiger partial charge in [0.15, 0.2) is 11.6 Å². The Hall–Kier alpha value is -7.70. The van der Waals surface area contributed by atoms with Crippen LogP contribution >= 0.6 is 0 Å². The Morgan fingerprint density at radius 2 is 0.946 bits per heavy atom. The number of fused-ring (bicyclic) bond motifs is 9. The van der Waals surface area contributed by atoms with Crippen LogP contribution in [0.5, 0.6) is 0 Å². The Labute approximate surface area is 320 Å². The largest absolute Gasteiger partial charge is 0.456 e. The lowest BCUT2D eigenvalue weighted by atomic mass is 10.1. The van der Waals surface area contributed by atoms with Crippen LogP contribution in [0.25, 0.3) is 105 Å². The molecule has 4 aromatic heterocycles. The van der Waals surface area contributed by atoms with Crippen LogP contribution < -0.4 is 0 Å². The van der Waals surface area contributed by atoms with E-state index in [9.17, 15) is 0 Å². The Balaban J connectivity index is 1.18. The van der Waals surface area contributed by atoms with Crippen LogP contribution in [0.1, 0.15) is 0 Å². The highest BCUT2D eigenvalue weighted by Crippen LogP contribution is 2.42. The molecule has 262 valence electrons. The molecule has 0 spiro atoms. The van der Waals surface area contributed by atoms with Crippen molar-refractivity contribution in [1.82, 2.24) is 23.9 Å². The highest BCUT2D eigenvalue weighted by molar-refractivity contribution is 6.18. The normalized spacial score (nSPS) is 11.9. The first kappa shape index (κ1) is 30.7. The third-order valence-electron chi connectivity index (χ3n) is 11.1. The number of rotatable bonds is 5. The molecule has 0 bridgehead atoms. The minimum Gasteiger partial charge on any atom is -0.456 e. The van der Waals surface area contributed by atoms with E-state index in [4.69, 9.17) is 14.5 Å². The lowest BCUT2D eigenvalue weighted by molar-refractivity contribution is 0.669. The zero-order valence-corrected chi connectivity index (χ0v) is 30.0. The van der Waals surface area contributed by atoms with Crippen LogP contribution in [0.15, 0.2) is 192 Å². The fourth-order valence-corrected chi connectivity index (χ4v) is 8.67. The molecule has 6 heteroatoms. The Morgan fingerprint density at radius 3 is 1.71 bits per heavy atom. The third kappa shape index (κ3) is 4.44. The number of benzene rings is 8. The summed E-state index contributed by atoms with van der Waals surface area (Å²) in [6.07, 6.45) is 0. The number of aromatic nitrogens is 5. The van der Waals surface area contributed by atoms with E-state index in [-0.39, 0.29) is 0 Å². The average Bonchev–Trinajstić information content (AvgIpc) is 4.03. The van der Waals surface area contributed by atoms with Gasteiger partial charge in [0.1, 0.15) is 11.2 Å². The van der Waals surface area contributed by atoms with Crippen LogP contribution in [0, 0.1) is 0 Å². The van der Waals surface area contributed by atoms with Gasteiger partial charge in [-0.3, -0.25) is 0 Å². The number of furan rings is 1. The van der Waals surface area contributed by atoms with Crippen molar-refractivity contribution in [3.63, 3.8) is 0 Å². The second-order valence-corrected chi connectivity index (χ2v) is 14.2. The van der Waals surface area contributed by atoms with E-state index in [1.165, 1.54) is 10.8 Å². The van der Waals surface area contributed by atoms with E-state index in [0.717, 1.165) is 88.8 Å². The van der Waals surface area contributed by atoms with E-state index in [0.29, 0.717) is 5.82 Å². The summed E-state index contributed by atoms with van der Waals surface area (Å²) in [5.74, 6) is 1.45. The van der Waals surface area contributed by atoms with E-state index in [1.54, 1.807) is 0 Å². The molecular formula is C50H31N5O. The molecule has 0 saturated carbocycles. The summed E-state index contributed by atoms with van der Waals surface area (Å²) in [7, 11) is 0. The van der Waals surface area contributed by atoms with Crippen LogP contribution in [0.2, 0.25) is 0 Å². The van der Waals surface area contributed by atoms with E-state index in [1.807, 2.05) is 41.1 Å². The maximum Gasteiger partial charge on any atom is 0.182 e. The van der Waals surface area contributed by atoms with Crippen molar-refractivity contribution >= 4 is 65.6 Å². The molecule has 6 nitrogen and oxygen atoms in total. The van der Waals surface area contributed by atoms with E-state index >= 15 is 0 Å². The SMILES string of the molecule is c1ccc(-c2nc(-c3ccccc3)n(-c3cccc4c5ccccc5n(-c5ccccc5-n5c6ccccc6c6cc7c(cc65)oc5ccccc57)c34)n2)cc1. The summed E-state index contributed by atoms with van der Waals surface area (Å²) in [5.41, 5.74) is 11.1. The maximum absolute atomic E-state index is 6.48. The Morgan fingerprint density at radius 1 is 0.375 bits per heavy atom. The van der Waals surface area contributed by atoms with Gasteiger partial charge in [-0.2, -0.15) is 0 Å². The molecule has 12 aromatic rings. The second kappa shape index (κ2) is 11.9. The molecule has 56 heavy (non-hydrogen) atoms. The predicted molar refractivity (Wildman–Crippen MR) is 228 cm³/mol. The quantitative estimate of drug-likeness (QED) is 0.178. The van der Waals surface area contributed by atoms with Crippen LogP contribution in [-0.4, -0.2) is 23.9 Å². The summed E-state index contributed by atoms with van der Waals surface area (Å²) in [6.45, 7) is 0. The monoisotopic (exact) mass is 717 g/mol. The highest BCUT2D eigenvalue weighted by Gasteiger charge is 2.24. The molecule has 4 heterocycles. The zero-order chi connectivity index (χ0) is 36.7. The summed E-state index contributed by atoms with van der Waals surface area (Å²) < 4.78 is 13.3. The third-order valence-corrected chi connectivity index (χ3v) is 11.1. The first-order valence-electron chi connectivity index (χ1n) is 18.8. The van der Waals surface area contributed by atoms with Gasteiger partial charge in [0.25, 0.3) is 0 Å².